The SMILES string of the molecule is CC(C)(C)NCc1ccc(N(CCO)C2CC2)c(F)c1. The van der Waals surface area contributed by atoms with Gasteiger partial charge in [-0.05, 0) is 51.3 Å². The summed E-state index contributed by atoms with van der Waals surface area (Å²) in [6.07, 6.45) is 2.18. The van der Waals surface area contributed by atoms with Crippen LogP contribution in [0.15, 0.2) is 18.2 Å². The first-order valence-electron chi connectivity index (χ1n) is 7.31. The maximum absolute atomic E-state index is 14.3. The lowest BCUT2D eigenvalue weighted by atomic mass is 10.1. The first-order chi connectivity index (χ1) is 9.40. The average molecular weight is 280 g/mol. The molecule has 20 heavy (non-hydrogen) atoms. The van der Waals surface area contributed by atoms with Crippen LogP contribution in [-0.4, -0.2) is 29.8 Å². The summed E-state index contributed by atoms with van der Waals surface area (Å²) in [5, 5.41) is 12.5. The van der Waals surface area contributed by atoms with Crippen molar-refractivity contribution >= 4 is 5.69 Å². The highest BCUT2D eigenvalue weighted by Gasteiger charge is 2.30. The molecule has 1 saturated carbocycles. The van der Waals surface area contributed by atoms with Gasteiger partial charge in [0.2, 0.25) is 0 Å². The zero-order chi connectivity index (χ0) is 14.8. The van der Waals surface area contributed by atoms with Gasteiger partial charge in [0.25, 0.3) is 0 Å². The Labute approximate surface area is 120 Å². The molecule has 3 nitrogen and oxygen atoms in total. The topological polar surface area (TPSA) is 35.5 Å². The molecule has 0 unspecified atom stereocenters. The molecule has 0 heterocycles. The number of aliphatic hydroxyl groups is 1. The minimum absolute atomic E-state index is 0.0199. The predicted octanol–water partition coefficient (Wildman–Crippen LogP) is 2.67. The van der Waals surface area contributed by atoms with E-state index in [1.54, 1.807) is 6.07 Å². The molecule has 0 amide bonds. The lowest BCUT2D eigenvalue weighted by Crippen LogP contribution is -2.35. The number of aliphatic hydroxyl groups excluding tert-OH is 1. The molecule has 1 aliphatic carbocycles. The normalized spacial score (nSPS) is 15.4. The summed E-state index contributed by atoms with van der Waals surface area (Å²) in [5.74, 6) is -0.196. The number of nitrogens with one attached hydrogen (secondary N) is 1. The summed E-state index contributed by atoms with van der Waals surface area (Å²) in [6.45, 7) is 7.49. The van der Waals surface area contributed by atoms with Crippen molar-refractivity contribution in [1.82, 2.24) is 5.32 Å². The van der Waals surface area contributed by atoms with Crippen molar-refractivity contribution in [3.05, 3.63) is 29.6 Å². The minimum atomic E-state index is -0.196. The first-order valence-corrected chi connectivity index (χ1v) is 7.31. The van der Waals surface area contributed by atoms with Crippen LogP contribution in [0.4, 0.5) is 10.1 Å². The first kappa shape index (κ1) is 15.3. The number of hydrogen-bond donors (Lipinski definition) is 2. The number of hydrogen-bond acceptors (Lipinski definition) is 3. The van der Waals surface area contributed by atoms with E-state index in [0.717, 1.165) is 18.4 Å². The standard InChI is InChI=1S/C16H25FN2O/c1-16(2,3)18-11-12-4-7-15(14(17)10-12)19(8-9-20)13-5-6-13/h4,7,10,13,18,20H,5-6,8-9,11H2,1-3H3. The number of nitrogens with zero attached hydrogens (tertiary/aromatic N) is 1. The third kappa shape index (κ3) is 4.18. The van der Waals surface area contributed by atoms with E-state index in [0.29, 0.717) is 24.8 Å². The van der Waals surface area contributed by atoms with Gasteiger partial charge >= 0.3 is 0 Å². The van der Waals surface area contributed by atoms with Crippen LogP contribution < -0.4 is 10.2 Å². The molecular formula is C16H25FN2O. The maximum atomic E-state index is 14.3. The van der Waals surface area contributed by atoms with Crippen molar-refractivity contribution in [2.45, 2.75) is 51.7 Å². The Hall–Kier alpha value is -1.13. The van der Waals surface area contributed by atoms with E-state index in [1.807, 2.05) is 17.0 Å². The minimum Gasteiger partial charge on any atom is -0.395 e. The molecule has 0 aromatic heterocycles. The zero-order valence-electron chi connectivity index (χ0n) is 12.6. The van der Waals surface area contributed by atoms with Gasteiger partial charge in [-0.25, -0.2) is 4.39 Å². The van der Waals surface area contributed by atoms with Crippen molar-refractivity contribution in [2.75, 3.05) is 18.1 Å². The Morgan fingerprint density at radius 2 is 2.05 bits per heavy atom. The van der Waals surface area contributed by atoms with Crippen LogP contribution in [-0.2, 0) is 6.54 Å². The van der Waals surface area contributed by atoms with Gasteiger partial charge in [-0.2, -0.15) is 0 Å². The van der Waals surface area contributed by atoms with Crippen molar-refractivity contribution in [3.63, 3.8) is 0 Å². The van der Waals surface area contributed by atoms with Gasteiger partial charge < -0.3 is 15.3 Å². The van der Waals surface area contributed by atoms with Crippen LogP contribution in [0.1, 0.15) is 39.2 Å². The summed E-state index contributed by atoms with van der Waals surface area (Å²) >= 11 is 0. The lowest BCUT2D eigenvalue weighted by Gasteiger charge is -2.25. The molecule has 0 atom stereocenters. The Morgan fingerprint density at radius 1 is 1.35 bits per heavy atom. The van der Waals surface area contributed by atoms with Crippen molar-refractivity contribution in [2.24, 2.45) is 0 Å². The van der Waals surface area contributed by atoms with Gasteiger partial charge in [0, 0.05) is 24.7 Å². The van der Waals surface area contributed by atoms with Crippen LogP contribution in [0.5, 0.6) is 0 Å². The molecule has 0 spiro atoms. The second kappa shape index (κ2) is 6.10. The van der Waals surface area contributed by atoms with Crippen LogP contribution in [0.25, 0.3) is 0 Å². The van der Waals surface area contributed by atoms with Gasteiger partial charge in [0.05, 0.1) is 12.3 Å². The summed E-state index contributed by atoms with van der Waals surface area (Å²) in [6, 6.07) is 5.79. The summed E-state index contributed by atoms with van der Waals surface area (Å²) in [4.78, 5) is 1.98. The molecule has 4 heteroatoms. The molecule has 1 aromatic carbocycles. The maximum Gasteiger partial charge on any atom is 0.146 e. The van der Waals surface area contributed by atoms with E-state index < -0.39 is 0 Å². The van der Waals surface area contributed by atoms with Gasteiger partial charge in [-0.3, -0.25) is 0 Å². The second-order valence-electron chi connectivity index (χ2n) is 6.54. The van der Waals surface area contributed by atoms with E-state index in [1.165, 1.54) is 0 Å². The van der Waals surface area contributed by atoms with E-state index in [9.17, 15) is 4.39 Å². The van der Waals surface area contributed by atoms with Crippen LogP contribution in [0.3, 0.4) is 0 Å². The molecule has 0 aliphatic heterocycles. The molecule has 2 rings (SSSR count). The smallest absolute Gasteiger partial charge is 0.146 e. The highest BCUT2D eigenvalue weighted by Crippen LogP contribution is 2.33. The largest absolute Gasteiger partial charge is 0.395 e. The quantitative estimate of drug-likeness (QED) is 0.841. The highest BCUT2D eigenvalue weighted by molar-refractivity contribution is 5.51. The van der Waals surface area contributed by atoms with E-state index >= 15 is 0 Å². The summed E-state index contributed by atoms with van der Waals surface area (Å²) in [7, 11) is 0. The number of anilines is 1. The second-order valence-corrected chi connectivity index (χ2v) is 6.54. The highest BCUT2D eigenvalue weighted by atomic mass is 19.1. The molecule has 0 bridgehead atoms. The lowest BCUT2D eigenvalue weighted by molar-refractivity contribution is 0.301. The number of halogens is 1. The average Bonchev–Trinajstić information content (AvgIpc) is 3.18. The number of rotatable bonds is 6. The van der Waals surface area contributed by atoms with Crippen molar-refractivity contribution < 1.29 is 9.50 Å². The Balaban J connectivity index is 2.08. The molecular weight excluding hydrogens is 255 g/mol. The fourth-order valence-corrected chi connectivity index (χ4v) is 2.25. The fourth-order valence-electron chi connectivity index (χ4n) is 2.25. The monoisotopic (exact) mass is 280 g/mol. The van der Waals surface area contributed by atoms with Crippen LogP contribution in [0, 0.1) is 5.82 Å². The third-order valence-corrected chi connectivity index (χ3v) is 3.47. The predicted molar refractivity (Wildman–Crippen MR) is 80.4 cm³/mol. The van der Waals surface area contributed by atoms with Gasteiger partial charge in [-0.15, -0.1) is 0 Å². The Kier molecular flexibility index (Phi) is 4.66. The van der Waals surface area contributed by atoms with Crippen molar-refractivity contribution in [3.8, 4) is 0 Å². The number of benzene rings is 1. The molecule has 0 saturated heterocycles. The Morgan fingerprint density at radius 3 is 2.55 bits per heavy atom. The van der Waals surface area contributed by atoms with Crippen LogP contribution in [0.2, 0.25) is 0 Å². The van der Waals surface area contributed by atoms with E-state index in [4.69, 9.17) is 5.11 Å². The summed E-state index contributed by atoms with van der Waals surface area (Å²) < 4.78 is 14.3. The van der Waals surface area contributed by atoms with Crippen LogP contribution >= 0.6 is 0 Å². The van der Waals surface area contributed by atoms with Gasteiger partial charge in [0.15, 0.2) is 0 Å². The Bertz CT molecular complexity index is 452. The van der Waals surface area contributed by atoms with E-state index in [2.05, 4.69) is 26.1 Å². The van der Waals surface area contributed by atoms with Gasteiger partial charge in [-0.1, -0.05) is 6.07 Å². The molecule has 112 valence electrons. The molecule has 2 N–H and O–H groups in total. The fraction of sp³-hybridized carbons (Fsp3) is 0.625. The van der Waals surface area contributed by atoms with E-state index in [-0.39, 0.29) is 18.0 Å². The molecule has 0 radical (unpaired) electrons. The molecule has 1 aromatic rings. The zero-order valence-corrected chi connectivity index (χ0v) is 12.6. The van der Waals surface area contributed by atoms with Crippen molar-refractivity contribution in [1.29, 1.82) is 0 Å². The van der Waals surface area contributed by atoms with Gasteiger partial charge in [0.1, 0.15) is 5.82 Å². The molecule has 1 aliphatic rings. The third-order valence-electron chi connectivity index (χ3n) is 3.47. The molecule has 1 fully saturated rings. The summed E-state index contributed by atoms with van der Waals surface area (Å²) in [5.41, 5.74) is 1.58.